The van der Waals surface area contributed by atoms with E-state index in [0.717, 1.165) is 11.3 Å². The average molecular weight is 339 g/mol. The second-order valence-electron chi connectivity index (χ2n) is 6.09. The van der Waals surface area contributed by atoms with E-state index in [1.165, 1.54) is 0 Å². The molecular weight excluding hydrogens is 318 g/mol. The van der Waals surface area contributed by atoms with Crippen molar-refractivity contribution in [2.45, 2.75) is 19.6 Å². The monoisotopic (exact) mass is 339 g/mol. The van der Waals surface area contributed by atoms with Crippen molar-refractivity contribution >= 4 is 11.8 Å². The fourth-order valence-electron chi connectivity index (χ4n) is 2.67. The van der Waals surface area contributed by atoms with Crippen LogP contribution in [0.25, 0.3) is 0 Å². The molecule has 0 bridgehead atoms. The number of pyridine rings is 1. The van der Waals surface area contributed by atoms with Gasteiger partial charge in [0.15, 0.2) is 0 Å². The molecule has 0 radical (unpaired) electrons. The van der Waals surface area contributed by atoms with Crippen molar-refractivity contribution in [1.82, 2.24) is 15.2 Å². The average Bonchev–Trinajstić information content (AvgIpc) is 2.63. The third-order valence-electron chi connectivity index (χ3n) is 4.10. The maximum atomic E-state index is 12.1. The Labute approximate surface area is 146 Å². The predicted molar refractivity (Wildman–Crippen MR) is 92.9 cm³/mol. The molecular formula is C19H21N3O3. The number of amides is 2. The van der Waals surface area contributed by atoms with Crippen LogP contribution >= 0.6 is 0 Å². The van der Waals surface area contributed by atoms with Gasteiger partial charge in [-0.1, -0.05) is 30.3 Å². The van der Waals surface area contributed by atoms with E-state index >= 15 is 0 Å². The molecule has 1 aliphatic heterocycles. The lowest BCUT2D eigenvalue weighted by Crippen LogP contribution is -2.50. The summed E-state index contributed by atoms with van der Waals surface area (Å²) in [6.45, 7) is 3.27. The van der Waals surface area contributed by atoms with Crippen LogP contribution in [0.4, 0.5) is 0 Å². The zero-order valence-electron chi connectivity index (χ0n) is 14.1. The molecule has 1 fully saturated rings. The highest BCUT2D eigenvalue weighted by Crippen LogP contribution is 2.11. The topological polar surface area (TPSA) is 71.5 Å². The third-order valence-corrected chi connectivity index (χ3v) is 4.10. The summed E-state index contributed by atoms with van der Waals surface area (Å²) in [6.07, 6.45) is 1.33. The van der Waals surface area contributed by atoms with Gasteiger partial charge in [0.2, 0.25) is 5.91 Å². The smallest absolute Gasteiger partial charge is 0.252 e. The van der Waals surface area contributed by atoms with Crippen LogP contribution in [0.1, 0.15) is 21.6 Å². The first-order valence-electron chi connectivity index (χ1n) is 8.26. The van der Waals surface area contributed by atoms with Gasteiger partial charge in [-0.05, 0) is 24.6 Å². The van der Waals surface area contributed by atoms with Gasteiger partial charge in [0.1, 0.15) is 6.61 Å². The highest BCUT2D eigenvalue weighted by molar-refractivity contribution is 5.93. The lowest BCUT2D eigenvalue weighted by molar-refractivity contribution is -0.149. The molecule has 1 saturated heterocycles. The molecule has 1 aromatic heterocycles. The first-order valence-corrected chi connectivity index (χ1v) is 8.26. The van der Waals surface area contributed by atoms with Gasteiger partial charge in [-0.15, -0.1) is 0 Å². The molecule has 2 amide bonds. The van der Waals surface area contributed by atoms with Gasteiger partial charge < -0.3 is 15.0 Å². The molecule has 0 spiro atoms. The van der Waals surface area contributed by atoms with E-state index in [2.05, 4.69) is 10.3 Å². The Morgan fingerprint density at radius 3 is 2.80 bits per heavy atom. The number of morpholine rings is 1. The number of hydrogen-bond acceptors (Lipinski definition) is 4. The first kappa shape index (κ1) is 17.1. The molecule has 2 aromatic rings. The van der Waals surface area contributed by atoms with Crippen LogP contribution in [0.2, 0.25) is 0 Å². The number of nitrogens with one attached hydrogen (secondary N) is 1. The number of hydrogen-bond donors (Lipinski definition) is 1. The largest absolute Gasteiger partial charge is 0.365 e. The van der Waals surface area contributed by atoms with Crippen molar-refractivity contribution in [3.8, 4) is 0 Å². The third kappa shape index (κ3) is 4.64. The van der Waals surface area contributed by atoms with Gasteiger partial charge in [0.25, 0.3) is 5.91 Å². The molecule has 25 heavy (non-hydrogen) atoms. The van der Waals surface area contributed by atoms with Crippen molar-refractivity contribution in [3.63, 3.8) is 0 Å². The van der Waals surface area contributed by atoms with Gasteiger partial charge in [-0.25, -0.2) is 0 Å². The number of carbonyl (C=O) groups excluding carboxylic acids is 2. The normalized spacial score (nSPS) is 17.4. The molecule has 0 saturated carbocycles. The summed E-state index contributed by atoms with van der Waals surface area (Å²) < 4.78 is 5.54. The van der Waals surface area contributed by atoms with Crippen LogP contribution in [-0.4, -0.2) is 47.5 Å². The van der Waals surface area contributed by atoms with Gasteiger partial charge in [-0.2, -0.15) is 0 Å². The first-order chi connectivity index (χ1) is 12.1. The lowest BCUT2D eigenvalue weighted by Gasteiger charge is -2.33. The maximum Gasteiger partial charge on any atom is 0.252 e. The van der Waals surface area contributed by atoms with Crippen LogP contribution in [-0.2, 0) is 16.1 Å². The molecule has 130 valence electrons. The summed E-state index contributed by atoms with van der Waals surface area (Å²) in [6, 6.07) is 13.4. The number of nitrogens with zero attached hydrogens (tertiary/aromatic N) is 2. The highest BCUT2D eigenvalue weighted by Gasteiger charge is 2.26. The molecule has 1 unspecified atom stereocenters. The number of rotatable bonds is 5. The van der Waals surface area contributed by atoms with Crippen LogP contribution < -0.4 is 5.32 Å². The molecule has 1 aromatic carbocycles. The Morgan fingerprint density at radius 2 is 2.08 bits per heavy atom. The van der Waals surface area contributed by atoms with E-state index in [4.69, 9.17) is 4.74 Å². The quantitative estimate of drug-likeness (QED) is 0.897. The SMILES string of the molecule is Cc1ccc(C(=O)NCC2CN(Cc3ccccc3)C(=O)CO2)cn1. The molecule has 3 rings (SSSR count). The summed E-state index contributed by atoms with van der Waals surface area (Å²) >= 11 is 0. The zero-order chi connectivity index (χ0) is 17.6. The minimum atomic E-state index is -0.219. The Kier molecular flexibility index (Phi) is 5.40. The molecule has 2 heterocycles. The minimum absolute atomic E-state index is 0.0332. The second-order valence-corrected chi connectivity index (χ2v) is 6.09. The van der Waals surface area contributed by atoms with Crippen LogP contribution in [0.3, 0.4) is 0 Å². The summed E-state index contributed by atoms with van der Waals surface area (Å²) in [5.74, 6) is -0.225. The molecule has 6 heteroatoms. The molecule has 1 aliphatic rings. The van der Waals surface area contributed by atoms with Crippen LogP contribution in [0.5, 0.6) is 0 Å². The minimum Gasteiger partial charge on any atom is -0.365 e. The summed E-state index contributed by atoms with van der Waals surface area (Å²) in [5.41, 5.74) is 2.45. The van der Waals surface area contributed by atoms with E-state index in [0.29, 0.717) is 25.2 Å². The fourth-order valence-corrected chi connectivity index (χ4v) is 2.67. The molecule has 0 aliphatic carbocycles. The van der Waals surface area contributed by atoms with Crippen molar-refractivity contribution in [2.24, 2.45) is 0 Å². The van der Waals surface area contributed by atoms with Crippen molar-refractivity contribution in [2.75, 3.05) is 19.7 Å². The van der Waals surface area contributed by atoms with Crippen LogP contribution in [0, 0.1) is 6.92 Å². The Balaban J connectivity index is 1.53. The van der Waals surface area contributed by atoms with Gasteiger partial charge in [0, 0.05) is 31.5 Å². The van der Waals surface area contributed by atoms with Crippen molar-refractivity contribution < 1.29 is 14.3 Å². The Bertz CT molecular complexity index is 731. The van der Waals surface area contributed by atoms with Crippen molar-refractivity contribution in [3.05, 3.63) is 65.5 Å². The van der Waals surface area contributed by atoms with Gasteiger partial charge >= 0.3 is 0 Å². The molecule has 1 N–H and O–H groups in total. The van der Waals surface area contributed by atoms with E-state index in [9.17, 15) is 9.59 Å². The van der Waals surface area contributed by atoms with Crippen LogP contribution in [0.15, 0.2) is 48.7 Å². The molecule has 1 atom stereocenters. The summed E-state index contributed by atoms with van der Waals surface area (Å²) in [5, 5.41) is 2.85. The van der Waals surface area contributed by atoms with E-state index in [-0.39, 0.29) is 24.5 Å². The highest BCUT2D eigenvalue weighted by atomic mass is 16.5. The lowest BCUT2D eigenvalue weighted by atomic mass is 10.2. The number of aromatic nitrogens is 1. The van der Waals surface area contributed by atoms with Crippen molar-refractivity contribution in [1.29, 1.82) is 0 Å². The Morgan fingerprint density at radius 1 is 1.28 bits per heavy atom. The fraction of sp³-hybridized carbons (Fsp3) is 0.316. The predicted octanol–water partition coefficient (Wildman–Crippen LogP) is 1.55. The van der Waals surface area contributed by atoms with E-state index in [1.54, 1.807) is 23.2 Å². The second kappa shape index (κ2) is 7.90. The van der Waals surface area contributed by atoms with Gasteiger partial charge in [0.05, 0.1) is 11.7 Å². The number of aryl methyl sites for hydroxylation is 1. The molecule has 6 nitrogen and oxygen atoms in total. The Hall–Kier alpha value is -2.73. The van der Waals surface area contributed by atoms with E-state index < -0.39 is 0 Å². The number of ether oxygens (including phenoxy) is 1. The number of carbonyl (C=O) groups is 2. The summed E-state index contributed by atoms with van der Waals surface area (Å²) in [4.78, 5) is 30.1. The zero-order valence-corrected chi connectivity index (χ0v) is 14.1. The standard InChI is InChI=1S/C19H21N3O3/c1-14-7-8-16(9-20-14)19(24)21-10-17-12-22(18(23)13-25-17)11-15-5-3-2-4-6-15/h2-9,17H,10-13H2,1H3,(H,21,24). The maximum absolute atomic E-state index is 12.1. The van der Waals surface area contributed by atoms with E-state index in [1.807, 2.05) is 37.3 Å². The van der Waals surface area contributed by atoms with Gasteiger partial charge in [-0.3, -0.25) is 14.6 Å². The summed E-state index contributed by atoms with van der Waals surface area (Å²) in [7, 11) is 0. The number of benzene rings is 1.